The molecule has 1 nitrogen and oxygen atoms in total. The van der Waals surface area contributed by atoms with Gasteiger partial charge in [-0.1, -0.05) is 28.9 Å². The molecule has 0 saturated carbocycles. The topological polar surface area (TPSA) is 12.0 Å². The second-order valence-corrected chi connectivity index (χ2v) is 5.02. The third-order valence-electron chi connectivity index (χ3n) is 3.02. The molecule has 90 valence electrons. The summed E-state index contributed by atoms with van der Waals surface area (Å²) in [5, 5.41) is 4.40. The summed E-state index contributed by atoms with van der Waals surface area (Å²) in [5.41, 5.74) is 2.17. The van der Waals surface area contributed by atoms with E-state index in [0.717, 1.165) is 23.0 Å². The van der Waals surface area contributed by atoms with E-state index < -0.39 is 0 Å². The van der Waals surface area contributed by atoms with Crippen molar-refractivity contribution in [1.29, 1.82) is 0 Å². The molecule has 3 heteroatoms. The second kappa shape index (κ2) is 6.36. The highest BCUT2D eigenvalue weighted by atomic mass is 79.9. The van der Waals surface area contributed by atoms with Crippen LogP contribution in [0.2, 0.25) is 0 Å². The Balaban J connectivity index is 2.57. The van der Waals surface area contributed by atoms with Gasteiger partial charge in [-0.05, 0) is 43.0 Å². The van der Waals surface area contributed by atoms with Gasteiger partial charge in [-0.3, -0.25) is 0 Å². The summed E-state index contributed by atoms with van der Waals surface area (Å²) in [7, 11) is 0. The number of benzene rings is 1. The molecule has 1 aromatic rings. The highest BCUT2D eigenvalue weighted by Gasteiger charge is 2.10. The van der Waals surface area contributed by atoms with Crippen molar-refractivity contribution in [3.05, 3.63) is 35.1 Å². The zero-order valence-electron chi connectivity index (χ0n) is 10.1. The van der Waals surface area contributed by atoms with Crippen LogP contribution in [-0.4, -0.2) is 11.4 Å². The summed E-state index contributed by atoms with van der Waals surface area (Å²) in [5.74, 6) is 0.400. The first-order valence-corrected chi connectivity index (χ1v) is 6.71. The molecule has 0 heterocycles. The number of nitrogens with one attached hydrogen (secondary N) is 1. The fraction of sp³-hybridized carbons (Fsp3) is 0.538. The number of aryl methyl sites for hydroxylation is 1. The Kier molecular flexibility index (Phi) is 5.42. The van der Waals surface area contributed by atoms with Crippen molar-refractivity contribution in [2.75, 3.05) is 5.33 Å². The Hall–Kier alpha value is -0.410. The van der Waals surface area contributed by atoms with Crippen molar-refractivity contribution in [1.82, 2.24) is 5.32 Å². The van der Waals surface area contributed by atoms with Crippen molar-refractivity contribution < 1.29 is 4.39 Å². The lowest BCUT2D eigenvalue weighted by molar-refractivity contribution is 0.432. The van der Waals surface area contributed by atoms with Crippen LogP contribution in [0.3, 0.4) is 0 Å². The van der Waals surface area contributed by atoms with Gasteiger partial charge in [0.1, 0.15) is 5.82 Å². The minimum Gasteiger partial charge on any atom is -0.310 e. The standard InChI is InChI=1S/C13H19BrFN/c1-9-4-5-13(15)6-12(9)8-16-11(3)10(2)7-14/h4-6,10-11,16H,7-8H2,1-3H3. The summed E-state index contributed by atoms with van der Waals surface area (Å²) in [6, 6.07) is 5.35. The first kappa shape index (κ1) is 13.7. The van der Waals surface area contributed by atoms with E-state index in [0.29, 0.717) is 12.0 Å². The quantitative estimate of drug-likeness (QED) is 0.816. The van der Waals surface area contributed by atoms with Crippen molar-refractivity contribution in [3.63, 3.8) is 0 Å². The molecule has 0 saturated heterocycles. The van der Waals surface area contributed by atoms with Crippen LogP contribution >= 0.6 is 15.9 Å². The molecule has 2 atom stereocenters. The third-order valence-corrected chi connectivity index (χ3v) is 4.04. The van der Waals surface area contributed by atoms with E-state index in [-0.39, 0.29) is 5.82 Å². The number of rotatable bonds is 5. The Morgan fingerprint density at radius 3 is 2.69 bits per heavy atom. The van der Waals surface area contributed by atoms with E-state index >= 15 is 0 Å². The number of hydrogen-bond acceptors (Lipinski definition) is 1. The van der Waals surface area contributed by atoms with E-state index in [1.165, 1.54) is 6.07 Å². The summed E-state index contributed by atoms with van der Waals surface area (Å²) in [6.45, 7) is 7.07. The molecule has 1 N–H and O–H groups in total. The first-order chi connectivity index (χ1) is 7.54. The Bertz CT molecular complexity index is 341. The highest BCUT2D eigenvalue weighted by Crippen LogP contribution is 2.12. The average molecular weight is 288 g/mol. The van der Waals surface area contributed by atoms with Gasteiger partial charge in [-0.2, -0.15) is 0 Å². The van der Waals surface area contributed by atoms with Crippen LogP contribution in [0, 0.1) is 18.7 Å². The molecule has 0 spiro atoms. The van der Waals surface area contributed by atoms with Gasteiger partial charge >= 0.3 is 0 Å². The molecule has 0 fully saturated rings. The monoisotopic (exact) mass is 287 g/mol. The molecular weight excluding hydrogens is 269 g/mol. The maximum Gasteiger partial charge on any atom is 0.123 e. The molecule has 0 radical (unpaired) electrons. The van der Waals surface area contributed by atoms with E-state index in [2.05, 4.69) is 35.1 Å². The van der Waals surface area contributed by atoms with Crippen molar-refractivity contribution in [2.24, 2.45) is 5.92 Å². The lowest BCUT2D eigenvalue weighted by atomic mass is 10.0. The number of halogens is 2. The normalized spacial score (nSPS) is 14.8. The lowest BCUT2D eigenvalue weighted by Gasteiger charge is -2.20. The first-order valence-electron chi connectivity index (χ1n) is 5.59. The van der Waals surface area contributed by atoms with E-state index in [9.17, 15) is 4.39 Å². The SMILES string of the molecule is Cc1ccc(F)cc1CNC(C)C(C)CBr. The molecule has 0 bridgehead atoms. The Morgan fingerprint density at radius 2 is 2.06 bits per heavy atom. The van der Waals surface area contributed by atoms with E-state index in [4.69, 9.17) is 0 Å². The molecule has 2 unspecified atom stereocenters. The average Bonchev–Trinajstić information content (AvgIpc) is 2.28. The largest absolute Gasteiger partial charge is 0.310 e. The highest BCUT2D eigenvalue weighted by molar-refractivity contribution is 9.09. The van der Waals surface area contributed by atoms with Gasteiger partial charge in [0.05, 0.1) is 0 Å². The van der Waals surface area contributed by atoms with Crippen LogP contribution in [0.15, 0.2) is 18.2 Å². The predicted molar refractivity (Wildman–Crippen MR) is 70.4 cm³/mol. The molecule has 0 aliphatic carbocycles. The van der Waals surface area contributed by atoms with Gasteiger partial charge in [0.2, 0.25) is 0 Å². The maximum atomic E-state index is 13.1. The van der Waals surface area contributed by atoms with Crippen molar-refractivity contribution in [3.8, 4) is 0 Å². The lowest BCUT2D eigenvalue weighted by Crippen LogP contribution is -2.32. The Labute approximate surface area is 106 Å². The summed E-state index contributed by atoms with van der Waals surface area (Å²) in [4.78, 5) is 0. The summed E-state index contributed by atoms with van der Waals surface area (Å²) >= 11 is 3.47. The van der Waals surface area contributed by atoms with Gasteiger partial charge in [0.15, 0.2) is 0 Å². The molecule has 0 aliphatic rings. The minimum absolute atomic E-state index is 0.163. The molecule has 16 heavy (non-hydrogen) atoms. The maximum absolute atomic E-state index is 13.1. The van der Waals surface area contributed by atoms with Gasteiger partial charge in [0.25, 0.3) is 0 Å². The zero-order chi connectivity index (χ0) is 12.1. The molecular formula is C13H19BrFN. The fourth-order valence-corrected chi connectivity index (χ4v) is 2.00. The van der Waals surface area contributed by atoms with Crippen LogP contribution in [0.1, 0.15) is 25.0 Å². The van der Waals surface area contributed by atoms with Gasteiger partial charge < -0.3 is 5.32 Å². The van der Waals surface area contributed by atoms with Crippen molar-refractivity contribution in [2.45, 2.75) is 33.4 Å². The molecule has 0 aromatic heterocycles. The number of alkyl halides is 1. The second-order valence-electron chi connectivity index (χ2n) is 4.37. The minimum atomic E-state index is -0.163. The van der Waals surface area contributed by atoms with Crippen LogP contribution in [0.25, 0.3) is 0 Å². The zero-order valence-corrected chi connectivity index (χ0v) is 11.6. The van der Waals surface area contributed by atoms with Crippen LogP contribution in [0.4, 0.5) is 4.39 Å². The molecule has 1 rings (SSSR count). The number of hydrogen-bond donors (Lipinski definition) is 1. The molecule has 0 amide bonds. The van der Waals surface area contributed by atoms with Gasteiger partial charge in [-0.15, -0.1) is 0 Å². The molecule has 0 aliphatic heterocycles. The Morgan fingerprint density at radius 1 is 1.38 bits per heavy atom. The third kappa shape index (κ3) is 3.87. The fourth-order valence-electron chi connectivity index (χ4n) is 1.44. The molecule has 1 aromatic carbocycles. The van der Waals surface area contributed by atoms with Crippen LogP contribution in [0.5, 0.6) is 0 Å². The van der Waals surface area contributed by atoms with Crippen LogP contribution < -0.4 is 5.32 Å². The smallest absolute Gasteiger partial charge is 0.123 e. The summed E-state index contributed by atoms with van der Waals surface area (Å²) in [6.07, 6.45) is 0. The van der Waals surface area contributed by atoms with Gasteiger partial charge in [-0.25, -0.2) is 4.39 Å². The van der Waals surface area contributed by atoms with Gasteiger partial charge in [0, 0.05) is 17.9 Å². The summed E-state index contributed by atoms with van der Waals surface area (Å²) < 4.78 is 13.1. The van der Waals surface area contributed by atoms with Crippen LogP contribution in [-0.2, 0) is 6.54 Å². The predicted octanol–water partition coefficient (Wildman–Crippen LogP) is 3.64. The van der Waals surface area contributed by atoms with E-state index in [1.807, 2.05) is 13.0 Å². The van der Waals surface area contributed by atoms with Crippen molar-refractivity contribution >= 4 is 15.9 Å². The van der Waals surface area contributed by atoms with E-state index in [1.54, 1.807) is 6.07 Å².